The summed E-state index contributed by atoms with van der Waals surface area (Å²) in [5.74, 6) is 0. The number of aryl methyl sites for hydroxylation is 1. The molecule has 62 valence electrons. The Morgan fingerprint density at radius 1 is 0.833 bits per heavy atom. The van der Waals surface area contributed by atoms with Crippen LogP contribution >= 0.6 is 0 Å². The highest BCUT2D eigenvalue weighted by atomic mass is 16.0. The lowest BCUT2D eigenvalue weighted by Crippen LogP contribution is -1.75. The second-order valence-electron chi connectivity index (χ2n) is 2.80. The second-order valence-corrected chi connectivity index (χ2v) is 2.80. The molecule has 2 aromatic rings. The zero-order valence-corrected chi connectivity index (χ0v) is 7.04. The van der Waals surface area contributed by atoms with Crippen molar-refractivity contribution >= 4 is 10.8 Å². The lowest BCUT2D eigenvalue weighted by Gasteiger charge is -1.98. The minimum absolute atomic E-state index is 0. The molecule has 0 amide bonds. The summed E-state index contributed by atoms with van der Waals surface area (Å²) < 4.78 is 0. The third-order valence-electron chi connectivity index (χ3n) is 2.01. The Balaban J connectivity index is 0.000000720. The van der Waals surface area contributed by atoms with E-state index >= 15 is 0 Å². The maximum absolute atomic E-state index is 2.16. The van der Waals surface area contributed by atoms with Gasteiger partial charge < -0.3 is 5.48 Å². The van der Waals surface area contributed by atoms with E-state index in [-0.39, 0.29) is 5.48 Å². The molecule has 0 saturated carbocycles. The van der Waals surface area contributed by atoms with Gasteiger partial charge in [-0.3, -0.25) is 0 Å². The van der Waals surface area contributed by atoms with E-state index in [1.165, 1.54) is 16.3 Å². The van der Waals surface area contributed by atoms with Gasteiger partial charge in [-0.2, -0.15) is 0 Å². The SMILES string of the molecule is Cc1cccc2ccccc12.O. The summed E-state index contributed by atoms with van der Waals surface area (Å²) in [6, 6.07) is 14.8. The van der Waals surface area contributed by atoms with Crippen LogP contribution in [0, 0.1) is 6.92 Å². The van der Waals surface area contributed by atoms with Gasteiger partial charge in [-0.15, -0.1) is 0 Å². The monoisotopic (exact) mass is 160 g/mol. The average molecular weight is 160 g/mol. The van der Waals surface area contributed by atoms with E-state index < -0.39 is 0 Å². The van der Waals surface area contributed by atoms with Gasteiger partial charge in [0.15, 0.2) is 0 Å². The molecule has 1 heteroatoms. The third kappa shape index (κ3) is 1.31. The molecular formula is C11H12O. The highest BCUT2D eigenvalue weighted by molar-refractivity contribution is 5.85. The Labute approximate surface area is 72.0 Å². The first-order chi connectivity index (χ1) is 5.38. The van der Waals surface area contributed by atoms with Crippen molar-refractivity contribution in [1.82, 2.24) is 0 Å². The van der Waals surface area contributed by atoms with E-state index in [1.807, 2.05) is 0 Å². The molecule has 0 aliphatic carbocycles. The van der Waals surface area contributed by atoms with Gasteiger partial charge >= 0.3 is 0 Å². The number of hydrogen-bond donors (Lipinski definition) is 0. The molecule has 0 spiro atoms. The lowest BCUT2D eigenvalue weighted by molar-refractivity contribution is 0.824. The quantitative estimate of drug-likeness (QED) is 0.566. The van der Waals surface area contributed by atoms with E-state index in [4.69, 9.17) is 0 Å². The summed E-state index contributed by atoms with van der Waals surface area (Å²) in [6.45, 7) is 2.14. The van der Waals surface area contributed by atoms with Gasteiger partial charge in [0, 0.05) is 0 Å². The first-order valence-electron chi connectivity index (χ1n) is 3.82. The summed E-state index contributed by atoms with van der Waals surface area (Å²) in [5, 5.41) is 2.68. The highest BCUT2D eigenvalue weighted by Gasteiger charge is 1.91. The van der Waals surface area contributed by atoms with E-state index in [0.29, 0.717) is 0 Å². The van der Waals surface area contributed by atoms with Crippen LogP contribution in [0.2, 0.25) is 0 Å². The number of benzene rings is 2. The normalized spacial score (nSPS) is 9.42. The molecule has 2 N–H and O–H groups in total. The van der Waals surface area contributed by atoms with Crippen LogP contribution in [0.5, 0.6) is 0 Å². The fourth-order valence-electron chi connectivity index (χ4n) is 1.39. The molecule has 1 nitrogen and oxygen atoms in total. The van der Waals surface area contributed by atoms with Crippen molar-refractivity contribution in [3.8, 4) is 0 Å². The zero-order valence-electron chi connectivity index (χ0n) is 7.04. The van der Waals surface area contributed by atoms with Crippen molar-refractivity contribution in [3.05, 3.63) is 48.0 Å². The van der Waals surface area contributed by atoms with Crippen molar-refractivity contribution in [1.29, 1.82) is 0 Å². The molecule has 0 aromatic heterocycles. The highest BCUT2D eigenvalue weighted by Crippen LogP contribution is 2.16. The molecule has 2 rings (SSSR count). The molecule has 0 radical (unpaired) electrons. The lowest BCUT2D eigenvalue weighted by atomic mass is 10.1. The van der Waals surface area contributed by atoms with E-state index in [9.17, 15) is 0 Å². The topological polar surface area (TPSA) is 31.5 Å². The van der Waals surface area contributed by atoms with Crippen LogP contribution in [0.4, 0.5) is 0 Å². The molecular weight excluding hydrogens is 148 g/mol. The number of hydrogen-bond acceptors (Lipinski definition) is 0. The summed E-state index contributed by atoms with van der Waals surface area (Å²) in [4.78, 5) is 0. The molecule has 0 heterocycles. The Kier molecular flexibility index (Phi) is 2.46. The van der Waals surface area contributed by atoms with Crippen LogP contribution in [0.15, 0.2) is 42.5 Å². The van der Waals surface area contributed by atoms with Crippen molar-refractivity contribution in [2.24, 2.45) is 0 Å². The van der Waals surface area contributed by atoms with Crippen LogP contribution in [0.1, 0.15) is 5.56 Å². The zero-order chi connectivity index (χ0) is 7.68. The number of rotatable bonds is 0. The fraction of sp³-hybridized carbons (Fsp3) is 0.0909. The third-order valence-corrected chi connectivity index (χ3v) is 2.01. The largest absolute Gasteiger partial charge is 0.412 e. The summed E-state index contributed by atoms with van der Waals surface area (Å²) in [5.41, 5.74) is 1.35. The van der Waals surface area contributed by atoms with Crippen LogP contribution in [0.25, 0.3) is 10.8 Å². The summed E-state index contributed by atoms with van der Waals surface area (Å²) >= 11 is 0. The van der Waals surface area contributed by atoms with Gasteiger partial charge in [0.05, 0.1) is 0 Å². The minimum Gasteiger partial charge on any atom is -0.412 e. The first-order valence-corrected chi connectivity index (χ1v) is 3.82. The van der Waals surface area contributed by atoms with Gasteiger partial charge in [-0.05, 0) is 23.3 Å². The van der Waals surface area contributed by atoms with Crippen LogP contribution < -0.4 is 0 Å². The molecule has 0 unspecified atom stereocenters. The molecule has 0 bridgehead atoms. The predicted molar refractivity (Wildman–Crippen MR) is 52.3 cm³/mol. The Hall–Kier alpha value is -1.34. The maximum atomic E-state index is 2.16. The molecule has 2 aromatic carbocycles. The smallest absolute Gasteiger partial charge is 0.0155 e. The van der Waals surface area contributed by atoms with Gasteiger partial charge in [0.25, 0.3) is 0 Å². The first kappa shape index (κ1) is 8.75. The Morgan fingerprint density at radius 3 is 2.25 bits per heavy atom. The summed E-state index contributed by atoms with van der Waals surface area (Å²) in [6.07, 6.45) is 0. The van der Waals surface area contributed by atoms with Crippen molar-refractivity contribution < 1.29 is 5.48 Å². The van der Waals surface area contributed by atoms with Crippen LogP contribution in [-0.2, 0) is 0 Å². The van der Waals surface area contributed by atoms with Crippen molar-refractivity contribution in [2.45, 2.75) is 6.92 Å². The maximum Gasteiger partial charge on any atom is -0.0155 e. The van der Waals surface area contributed by atoms with Gasteiger partial charge in [0.1, 0.15) is 0 Å². The van der Waals surface area contributed by atoms with E-state index in [1.54, 1.807) is 0 Å². The molecule has 12 heavy (non-hydrogen) atoms. The molecule has 0 atom stereocenters. The molecule has 0 saturated heterocycles. The Morgan fingerprint density at radius 2 is 1.50 bits per heavy atom. The molecule has 0 aliphatic heterocycles. The van der Waals surface area contributed by atoms with Gasteiger partial charge in [0.2, 0.25) is 0 Å². The fourth-order valence-corrected chi connectivity index (χ4v) is 1.39. The standard InChI is InChI=1S/C11H10.H2O/c1-9-5-4-7-10-6-2-3-8-11(9)10;/h2-8H,1H3;1H2. The van der Waals surface area contributed by atoms with Crippen LogP contribution in [0.3, 0.4) is 0 Å². The second kappa shape index (κ2) is 3.37. The molecule has 0 aliphatic rings. The average Bonchev–Trinajstić information content (AvgIpc) is 2.06. The predicted octanol–water partition coefficient (Wildman–Crippen LogP) is 2.32. The van der Waals surface area contributed by atoms with E-state index in [0.717, 1.165) is 0 Å². The van der Waals surface area contributed by atoms with Gasteiger partial charge in [-0.25, -0.2) is 0 Å². The van der Waals surface area contributed by atoms with Gasteiger partial charge in [-0.1, -0.05) is 42.5 Å². The summed E-state index contributed by atoms with van der Waals surface area (Å²) in [7, 11) is 0. The minimum atomic E-state index is 0. The Bertz CT molecular complexity index is 374. The molecule has 0 fully saturated rings. The number of fused-ring (bicyclic) bond motifs is 1. The van der Waals surface area contributed by atoms with Crippen LogP contribution in [-0.4, -0.2) is 5.48 Å². The van der Waals surface area contributed by atoms with E-state index in [2.05, 4.69) is 49.4 Å². The van der Waals surface area contributed by atoms with Crippen molar-refractivity contribution in [2.75, 3.05) is 0 Å². The van der Waals surface area contributed by atoms with Crippen molar-refractivity contribution in [3.63, 3.8) is 0 Å².